The number of ketones is 1. The smallest absolute Gasteiger partial charge is 0.337 e. The number of aromatic carboxylic acids is 1. The van der Waals surface area contributed by atoms with E-state index >= 15 is 0 Å². The fourth-order valence-electron chi connectivity index (χ4n) is 3.54. The average Bonchev–Trinajstić information content (AvgIpc) is 3.24. The van der Waals surface area contributed by atoms with Gasteiger partial charge in [0.1, 0.15) is 11.9 Å². The van der Waals surface area contributed by atoms with Gasteiger partial charge >= 0.3 is 5.97 Å². The molecule has 0 unspecified atom stereocenters. The van der Waals surface area contributed by atoms with Crippen LogP contribution in [-0.4, -0.2) is 40.6 Å². The molecule has 148 valence electrons. The molecule has 0 spiro atoms. The van der Waals surface area contributed by atoms with Crippen LogP contribution in [0.1, 0.15) is 34.1 Å². The van der Waals surface area contributed by atoms with Crippen molar-refractivity contribution in [2.75, 3.05) is 18.0 Å². The van der Waals surface area contributed by atoms with Crippen LogP contribution in [0.15, 0.2) is 67.0 Å². The van der Waals surface area contributed by atoms with Crippen LogP contribution in [0.2, 0.25) is 0 Å². The van der Waals surface area contributed by atoms with Gasteiger partial charge in [-0.3, -0.25) is 4.79 Å². The first-order valence-electron chi connectivity index (χ1n) is 9.61. The van der Waals surface area contributed by atoms with Crippen molar-refractivity contribution >= 4 is 17.4 Å². The molecule has 0 radical (unpaired) electrons. The second-order valence-electron chi connectivity index (χ2n) is 7.01. The molecular weight excluding hydrogens is 368 g/mol. The summed E-state index contributed by atoms with van der Waals surface area (Å²) in [5.74, 6) is -0.111. The van der Waals surface area contributed by atoms with E-state index < -0.39 is 5.97 Å². The first-order chi connectivity index (χ1) is 14.1. The Morgan fingerprint density at radius 1 is 1.03 bits per heavy atom. The molecule has 0 atom stereocenters. The Balaban J connectivity index is 1.48. The van der Waals surface area contributed by atoms with E-state index in [0.29, 0.717) is 30.8 Å². The third kappa shape index (κ3) is 3.74. The van der Waals surface area contributed by atoms with Gasteiger partial charge in [0.25, 0.3) is 0 Å². The number of hydrogen-bond acceptors (Lipinski definition) is 4. The lowest BCUT2D eigenvalue weighted by Crippen LogP contribution is -2.54. The van der Waals surface area contributed by atoms with E-state index in [1.54, 1.807) is 24.3 Å². The van der Waals surface area contributed by atoms with Crippen molar-refractivity contribution in [3.63, 3.8) is 0 Å². The first-order valence-corrected chi connectivity index (χ1v) is 9.61. The molecule has 29 heavy (non-hydrogen) atoms. The number of carboxylic acids is 1. The Bertz CT molecular complexity index is 1020. The number of ether oxygens (including phenoxy) is 1. The van der Waals surface area contributed by atoms with Gasteiger partial charge in [0.05, 0.1) is 30.0 Å². The van der Waals surface area contributed by atoms with E-state index in [9.17, 15) is 14.7 Å². The minimum absolute atomic E-state index is 0.00808. The Morgan fingerprint density at radius 2 is 1.72 bits per heavy atom. The number of Topliss-reactive ketones (excluding diaryl/α,β-unsaturated/α-hetero) is 1. The monoisotopic (exact) mass is 390 g/mol. The summed E-state index contributed by atoms with van der Waals surface area (Å²) in [5, 5.41) is 9.61. The number of benzene rings is 2. The second kappa shape index (κ2) is 7.83. The molecule has 1 saturated heterocycles. The Hall–Kier alpha value is -3.54. The van der Waals surface area contributed by atoms with Crippen molar-refractivity contribution < 1.29 is 19.4 Å². The highest BCUT2D eigenvalue weighted by molar-refractivity contribution is 5.96. The minimum atomic E-state index is -0.953. The summed E-state index contributed by atoms with van der Waals surface area (Å²) in [4.78, 5) is 25.6. The summed E-state index contributed by atoms with van der Waals surface area (Å²) in [5.41, 5.74) is 2.48. The summed E-state index contributed by atoms with van der Waals surface area (Å²) in [6.07, 6.45) is 4.18. The van der Waals surface area contributed by atoms with Crippen LogP contribution in [-0.2, 0) is 0 Å². The van der Waals surface area contributed by atoms with Crippen molar-refractivity contribution in [2.45, 2.75) is 19.4 Å². The fourth-order valence-corrected chi connectivity index (χ4v) is 3.54. The number of carboxylic acid groups (broad SMARTS) is 1. The molecular formula is C23H22N2O4. The largest absolute Gasteiger partial charge is 0.487 e. The number of anilines is 1. The molecule has 1 N–H and O–H groups in total. The van der Waals surface area contributed by atoms with Crippen LogP contribution in [0, 0.1) is 0 Å². The maximum absolute atomic E-state index is 11.7. The van der Waals surface area contributed by atoms with Crippen molar-refractivity contribution in [3.05, 3.63) is 78.1 Å². The lowest BCUT2D eigenvalue weighted by Gasteiger charge is -2.41. The zero-order valence-corrected chi connectivity index (χ0v) is 16.1. The average molecular weight is 390 g/mol. The highest BCUT2D eigenvalue weighted by Crippen LogP contribution is 2.32. The van der Waals surface area contributed by atoms with Crippen LogP contribution in [0.4, 0.5) is 5.69 Å². The van der Waals surface area contributed by atoms with Gasteiger partial charge in [-0.05, 0) is 48.5 Å². The van der Waals surface area contributed by atoms with Gasteiger partial charge in [-0.1, -0.05) is 13.0 Å². The lowest BCUT2D eigenvalue weighted by molar-refractivity contribution is 0.0696. The molecule has 3 aromatic rings. The molecule has 1 aliphatic rings. The van der Waals surface area contributed by atoms with E-state index in [-0.39, 0.29) is 17.5 Å². The molecule has 6 heteroatoms. The standard InChI is InChI=1S/C23H22N2O4/c1-2-21(26)16-8-10-17(11-9-16)29-18-14-25(15-18)20-7-5-6-19(23(27)28)22(20)24-12-3-4-13-24/h3-13,18H,2,14-15H2,1H3,(H,27,28). The molecule has 0 aliphatic carbocycles. The van der Waals surface area contributed by atoms with Gasteiger partial charge in [-0.25, -0.2) is 4.79 Å². The third-order valence-corrected chi connectivity index (χ3v) is 5.10. The summed E-state index contributed by atoms with van der Waals surface area (Å²) in [6.45, 7) is 3.16. The van der Waals surface area contributed by atoms with Crippen molar-refractivity contribution in [2.24, 2.45) is 0 Å². The topological polar surface area (TPSA) is 71.8 Å². The van der Waals surface area contributed by atoms with Gasteiger partial charge in [0.15, 0.2) is 5.78 Å². The van der Waals surface area contributed by atoms with E-state index in [4.69, 9.17) is 4.74 Å². The molecule has 4 rings (SSSR count). The Labute approximate surface area is 169 Å². The Morgan fingerprint density at radius 3 is 2.34 bits per heavy atom. The van der Waals surface area contributed by atoms with Crippen molar-refractivity contribution in [1.29, 1.82) is 0 Å². The van der Waals surface area contributed by atoms with E-state index in [1.807, 2.05) is 54.2 Å². The summed E-state index contributed by atoms with van der Waals surface area (Å²) in [7, 11) is 0. The fraction of sp³-hybridized carbons (Fsp3) is 0.217. The molecule has 1 aliphatic heterocycles. The van der Waals surface area contributed by atoms with Crippen molar-refractivity contribution in [3.8, 4) is 11.4 Å². The molecule has 1 fully saturated rings. The molecule has 6 nitrogen and oxygen atoms in total. The highest BCUT2D eigenvalue weighted by atomic mass is 16.5. The number of para-hydroxylation sites is 1. The van der Waals surface area contributed by atoms with E-state index in [1.165, 1.54) is 0 Å². The highest BCUT2D eigenvalue weighted by Gasteiger charge is 2.31. The predicted octanol–water partition coefficient (Wildman–Crippen LogP) is 4.04. The van der Waals surface area contributed by atoms with E-state index in [0.717, 1.165) is 11.4 Å². The maximum Gasteiger partial charge on any atom is 0.337 e. The van der Waals surface area contributed by atoms with Crippen LogP contribution in [0.25, 0.3) is 5.69 Å². The first kappa shape index (κ1) is 18.8. The molecule has 2 aromatic carbocycles. The van der Waals surface area contributed by atoms with Gasteiger partial charge in [0, 0.05) is 24.4 Å². The quantitative estimate of drug-likeness (QED) is 0.617. The number of aromatic nitrogens is 1. The number of carbonyl (C=O) groups is 2. The van der Waals surface area contributed by atoms with Gasteiger partial charge in [-0.15, -0.1) is 0 Å². The van der Waals surface area contributed by atoms with Crippen LogP contribution < -0.4 is 9.64 Å². The lowest BCUT2D eigenvalue weighted by atomic mass is 10.1. The minimum Gasteiger partial charge on any atom is -0.487 e. The van der Waals surface area contributed by atoms with E-state index in [2.05, 4.69) is 4.90 Å². The molecule has 2 heterocycles. The number of carbonyl (C=O) groups excluding carboxylic acids is 1. The molecule has 0 saturated carbocycles. The van der Waals surface area contributed by atoms with Crippen LogP contribution in [0.5, 0.6) is 5.75 Å². The normalized spacial score (nSPS) is 13.8. The van der Waals surface area contributed by atoms with Gasteiger partial charge in [0.2, 0.25) is 0 Å². The molecule has 0 amide bonds. The second-order valence-corrected chi connectivity index (χ2v) is 7.01. The zero-order chi connectivity index (χ0) is 20.4. The number of nitrogens with zero attached hydrogens (tertiary/aromatic N) is 2. The van der Waals surface area contributed by atoms with Crippen molar-refractivity contribution in [1.82, 2.24) is 4.57 Å². The summed E-state index contributed by atoms with van der Waals surface area (Å²) >= 11 is 0. The SMILES string of the molecule is CCC(=O)c1ccc(OC2CN(c3cccc(C(=O)O)c3-n3cccc3)C2)cc1. The third-order valence-electron chi connectivity index (χ3n) is 5.10. The van der Waals surface area contributed by atoms with Crippen LogP contribution in [0.3, 0.4) is 0 Å². The van der Waals surface area contributed by atoms with Gasteiger partial charge < -0.3 is 19.3 Å². The van der Waals surface area contributed by atoms with Gasteiger partial charge in [-0.2, -0.15) is 0 Å². The Kier molecular flexibility index (Phi) is 5.08. The molecule has 0 bridgehead atoms. The molecule has 1 aromatic heterocycles. The zero-order valence-electron chi connectivity index (χ0n) is 16.1. The number of hydrogen-bond donors (Lipinski definition) is 1. The maximum atomic E-state index is 11.7. The number of rotatable bonds is 7. The predicted molar refractivity (Wildman–Crippen MR) is 110 cm³/mol. The summed E-state index contributed by atoms with van der Waals surface area (Å²) < 4.78 is 7.83. The van der Waals surface area contributed by atoms with Crippen LogP contribution >= 0.6 is 0 Å². The summed E-state index contributed by atoms with van der Waals surface area (Å²) in [6, 6.07) is 16.3.